The van der Waals surface area contributed by atoms with Crippen LogP contribution in [0.1, 0.15) is 57.6 Å². The molecule has 21 heavy (non-hydrogen) atoms. The second-order valence-corrected chi connectivity index (χ2v) is 7.01. The van der Waals surface area contributed by atoms with Crippen LogP contribution in [0.2, 0.25) is 0 Å². The van der Waals surface area contributed by atoms with Gasteiger partial charge in [0.1, 0.15) is 5.75 Å². The zero-order valence-electron chi connectivity index (χ0n) is 13.4. The van der Waals surface area contributed by atoms with Crippen LogP contribution < -0.4 is 10.1 Å². The van der Waals surface area contributed by atoms with Crippen LogP contribution in [0.3, 0.4) is 0 Å². The van der Waals surface area contributed by atoms with Crippen LogP contribution in [0.25, 0.3) is 0 Å². The van der Waals surface area contributed by atoms with E-state index in [9.17, 15) is 0 Å². The Morgan fingerprint density at radius 1 is 1.19 bits per heavy atom. The van der Waals surface area contributed by atoms with E-state index in [1.54, 1.807) is 0 Å². The van der Waals surface area contributed by atoms with E-state index in [-0.39, 0.29) is 0 Å². The molecule has 1 aromatic carbocycles. The maximum Gasteiger partial charge on any atom is 0.124 e. The molecule has 0 bridgehead atoms. The summed E-state index contributed by atoms with van der Waals surface area (Å²) in [5.74, 6) is 2.18. The van der Waals surface area contributed by atoms with E-state index in [1.807, 2.05) is 0 Å². The minimum atomic E-state index is 0.393. The highest BCUT2D eigenvalue weighted by Crippen LogP contribution is 2.33. The first-order valence-corrected chi connectivity index (χ1v) is 9.46. The molecule has 1 fully saturated rings. The summed E-state index contributed by atoms with van der Waals surface area (Å²) >= 11 is 2.15. The summed E-state index contributed by atoms with van der Waals surface area (Å²) in [6.07, 6.45) is 7.06. The molecular formula is C18H29NOS. The van der Waals surface area contributed by atoms with E-state index in [4.69, 9.17) is 4.74 Å². The standard InChI is InChI=1S/C18H29NOS/c1-3-19-17(14-21-15-10-6-5-7-11-15)16-12-8-9-13-18(16)20-4-2/h8-9,12-13,15,17,19H,3-7,10-11,14H2,1-2H3. The van der Waals surface area contributed by atoms with Crippen molar-refractivity contribution in [3.8, 4) is 5.75 Å². The molecule has 1 atom stereocenters. The molecule has 1 aromatic rings. The van der Waals surface area contributed by atoms with E-state index in [0.29, 0.717) is 6.04 Å². The van der Waals surface area contributed by atoms with Crippen LogP contribution in [0.5, 0.6) is 5.75 Å². The summed E-state index contributed by atoms with van der Waals surface area (Å²) in [6, 6.07) is 8.87. The van der Waals surface area contributed by atoms with Crippen molar-refractivity contribution in [3.63, 3.8) is 0 Å². The average Bonchev–Trinajstić information content (AvgIpc) is 2.53. The van der Waals surface area contributed by atoms with E-state index < -0.39 is 0 Å². The molecule has 0 aliphatic heterocycles. The Labute approximate surface area is 134 Å². The molecule has 0 radical (unpaired) electrons. The number of thioether (sulfide) groups is 1. The van der Waals surface area contributed by atoms with Gasteiger partial charge in [0, 0.05) is 22.6 Å². The summed E-state index contributed by atoms with van der Waals surface area (Å²) in [4.78, 5) is 0. The third kappa shape index (κ3) is 5.23. The first kappa shape index (κ1) is 16.7. The summed E-state index contributed by atoms with van der Waals surface area (Å²) in [6.45, 7) is 5.96. The van der Waals surface area contributed by atoms with Gasteiger partial charge in [-0.25, -0.2) is 0 Å². The molecule has 0 aromatic heterocycles. The monoisotopic (exact) mass is 307 g/mol. The predicted molar refractivity (Wildman–Crippen MR) is 93.4 cm³/mol. The second kappa shape index (κ2) is 9.37. The molecule has 2 nitrogen and oxygen atoms in total. The molecule has 118 valence electrons. The lowest BCUT2D eigenvalue weighted by molar-refractivity contribution is 0.333. The van der Waals surface area contributed by atoms with Crippen molar-refractivity contribution < 1.29 is 4.74 Å². The van der Waals surface area contributed by atoms with Gasteiger partial charge in [-0.2, -0.15) is 11.8 Å². The Morgan fingerprint density at radius 2 is 1.95 bits per heavy atom. The van der Waals surface area contributed by atoms with Crippen molar-refractivity contribution in [2.75, 3.05) is 18.9 Å². The van der Waals surface area contributed by atoms with Gasteiger partial charge in [0.05, 0.1) is 6.61 Å². The van der Waals surface area contributed by atoms with Crippen molar-refractivity contribution in [1.29, 1.82) is 0 Å². The van der Waals surface area contributed by atoms with Gasteiger partial charge in [0.2, 0.25) is 0 Å². The number of ether oxygens (including phenoxy) is 1. The van der Waals surface area contributed by atoms with Crippen molar-refractivity contribution in [3.05, 3.63) is 29.8 Å². The lowest BCUT2D eigenvalue weighted by Crippen LogP contribution is -2.25. The molecular weight excluding hydrogens is 278 g/mol. The topological polar surface area (TPSA) is 21.3 Å². The summed E-state index contributed by atoms with van der Waals surface area (Å²) in [5, 5.41) is 4.50. The lowest BCUT2D eigenvalue weighted by Gasteiger charge is -2.25. The summed E-state index contributed by atoms with van der Waals surface area (Å²) in [7, 11) is 0. The fraction of sp³-hybridized carbons (Fsp3) is 0.667. The van der Waals surface area contributed by atoms with Gasteiger partial charge in [-0.15, -0.1) is 0 Å². The van der Waals surface area contributed by atoms with Crippen molar-refractivity contribution >= 4 is 11.8 Å². The second-order valence-electron chi connectivity index (χ2n) is 5.67. The highest BCUT2D eigenvalue weighted by Gasteiger charge is 2.19. The molecule has 1 aliphatic carbocycles. The van der Waals surface area contributed by atoms with Crippen LogP contribution in [0.15, 0.2) is 24.3 Å². The van der Waals surface area contributed by atoms with Crippen molar-refractivity contribution in [2.45, 2.75) is 57.2 Å². The Bertz CT molecular complexity index is 404. The van der Waals surface area contributed by atoms with E-state index >= 15 is 0 Å². The molecule has 1 saturated carbocycles. The van der Waals surface area contributed by atoms with Gasteiger partial charge < -0.3 is 10.1 Å². The third-order valence-electron chi connectivity index (χ3n) is 4.10. The minimum Gasteiger partial charge on any atom is -0.494 e. The van der Waals surface area contributed by atoms with E-state index in [0.717, 1.165) is 29.9 Å². The van der Waals surface area contributed by atoms with Crippen LogP contribution in [-0.2, 0) is 0 Å². The molecule has 2 rings (SSSR count). The van der Waals surface area contributed by atoms with Crippen LogP contribution >= 0.6 is 11.8 Å². The number of hydrogen-bond donors (Lipinski definition) is 1. The number of benzene rings is 1. The number of hydrogen-bond acceptors (Lipinski definition) is 3. The number of nitrogens with one attached hydrogen (secondary N) is 1. The van der Waals surface area contributed by atoms with Gasteiger partial charge in [0.15, 0.2) is 0 Å². The molecule has 0 spiro atoms. The Kier molecular flexibility index (Phi) is 7.45. The van der Waals surface area contributed by atoms with E-state index in [1.165, 1.54) is 37.7 Å². The number of para-hydroxylation sites is 1. The SMILES string of the molecule is CCNC(CSC1CCCCC1)c1ccccc1OCC. The van der Waals surface area contributed by atoms with Crippen LogP contribution in [-0.4, -0.2) is 24.2 Å². The summed E-state index contributed by atoms with van der Waals surface area (Å²) < 4.78 is 5.81. The maximum absolute atomic E-state index is 5.81. The Balaban J connectivity index is 2.00. The quantitative estimate of drug-likeness (QED) is 0.745. The molecule has 0 amide bonds. The third-order valence-corrected chi connectivity index (χ3v) is 5.56. The smallest absolute Gasteiger partial charge is 0.124 e. The van der Waals surface area contributed by atoms with Crippen LogP contribution in [0.4, 0.5) is 0 Å². The largest absolute Gasteiger partial charge is 0.494 e. The molecule has 3 heteroatoms. The fourth-order valence-corrected chi connectivity index (χ4v) is 4.45. The Morgan fingerprint density at radius 3 is 2.67 bits per heavy atom. The zero-order chi connectivity index (χ0) is 14.9. The van der Waals surface area contributed by atoms with E-state index in [2.05, 4.69) is 55.2 Å². The molecule has 1 N–H and O–H groups in total. The van der Waals surface area contributed by atoms with Crippen molar-refractivity contribution in [2.24, 2.45) is 0 Å². The normalized spacial score (nSPS) is 17.6. The van der Waals surface area contributed by atoms with Crippen LogP contribution in [0, 0.1) is 0 Å². The predicted octanol–water partition coefficient (Wildman–Crippen LogP) is 4.80. The van der Waals surface area contributed by atoms with Gasteiger partial charge in [-0.3, -0.25) is 0 Å². The van der Waals surface area contributed by atoms with Gasteiger partial charge in [0.25, 0.3) is 0 Å². The van der Waals surface area contributed by atoms with Gasteiger partial charge in [-0.1, -0.05) is 44.4 Å². The maximum atomic E-state index is 5.81. The highest BCUT2D eigenvalue weighted by molar-refractivity contribution is 7.99. The minimum absolute atomic E-state index is 0.393. The lowest BCUT2D eigenvalue weighted by atomic mass is 10.0. The average molecular weight is 308 g/mol. The van der Waals surface area contributed by atoms with Gasteiger partial charge >= 0.3 is 0 Å². The fourth-order valence-electron chi connectivity index (χ4n) is 3.02. The van der Waals surface area contributed by atoms with Crippen molar-refractivity contribution in [1.82, 2.24) is 5.32 Å². The Hall–Kier alpha value is -0.670. The van der Waals surface area contributed by atoms with Gasteiger partial charge in [-0.05, 0) is 32.4 Å². The molecule has 1 unspecified atom stereocenters. The zero-order valence-corrected chi connectivity index (χ0v) is 14.3. The molecule has 1 aliphatic rings. The first-order valence-electron chi connectivity index (χ1n) is 8.41. The highest BCUT2D eigenvalue weighted by atomic mass is 32.2. The first-order chi connectivity index (χ1) is 10.3. The number of rotatable bonds is 8. The summed E-state index contributed by atoms with van der Waals surface area (Å²) in [5.41, 5.74) is 1.31. The molecule has 0 saturated heterocycles. The molecule has 0 heterocycles.